The third kappa shape index (κ3) is 4.09. The fourth-order valence-corrected chi connectivity index (χ4v) is 5.13. The first kappa shape index (κ1) is 23.2. The molecule has 5 nitrogen and oxygen atoms in total. The first-order valence-electron chi connectivity index (χ1n) is 12.0. The second-order valence-corrected chi connectivity index (χ2v) is 9.66. The first-order valence-corrected chi connectivity index (χ1v) is 12.0. The van der Waals surface area contributed by atoms with Crippen molar-refractivity contribution in [2.75, 3.05) is 25.2 Å². The van der Waals surface area contributed by atoms with E-state index < -0.39 is 5.66 Å². The van der Waals surface area contributed by atoms with Gasteiger partial charge in [-0.3, -0.25) is 4.79 Å². The Labute approximate surface area is 197 Å². The Bertz CT molecular complexity index is 1060. The molecule has 0 spiro atoms. The average Bonchev–Trinajstić information content (AvgIpc) is 2.98. The minimum Gasteiger partial charge on any atom is -0.493 e. The lowest BCUT2D eigenvalue weighted by Gasteiger charge is -2.49. The van der Waals surface area contributed by atoms with E-state index in [1.54, 1.807) is 7.11 Å². The van der Waals surface area contributed by atoms with Crippen LogP contribution in [0.15, 0.2) is 42.5 Å². The summed E-state index contributed by atoms with van der Waals surface area (Å²) in [6.45, 7) is 10.1. The van der Waals surface area contributed by atoms with Gasteiger partial charge in [0.15, 0.2) is 11.5 Å². The summed E-state index contributed by atoms with van der Waals surface area (Å²) in [5, 5.41) is 3.34. The monoisotopic (exact) mass is 448 g/mol. The van der Waals surface area contributed by atoms with Crippen molar-refractivity contribution in [1.82, 2.24) is 5.32 Å². The van der Waals surface area contributed by atoms with Gasteiger partial charge in [-0.05, 0) is 48.7 Å². The Morgan fingerprint density at radius 1 is 1.12 bits per heavy atom. The molecular weight excluding hydrogens is 412 g/mol. The molecule has 2 heterocycles. The lowest BCUT2D eigenvalue weighted by Crippen LogP contribution is -2.68. The average molecular weight is 449 g/mol. The van der Waals surface area contributed by atoms with Gasteiger partial charge in [-0.1, -0.05) is 63.5 Å². The second-order valence-electron chi connectivity index (χ2n) is 9.66. The lowest BCUT2D eigenvalue weighted by molar-refractivity contribution is -0.124. The Morgan fingerprint density at radius 3 is 2.70 bits per heavy atom. The zero-order valence-corrected chi connectivity index (χ0v) is 20.5. The number of hydrogen-bond acceptors (Lipinski definition) is 4. The fourth-order valence-electron chi connectivity index (χ4n) is 5.13. The van der Waals surface area contributed by atoms with Crippen LogP contribution in [0.25, 0.3) is 6.08 Å². The molecule has 1 saturated heterocycles. The van der Waals surface area contributed by atoms with Crippen LogP contribution in [-0.2, 0) is 10.2 Å². The van der Waals surface area contributed by atoms with Crippen molar-refractivity contribution in [2.45, 2.75) is 64.5 Å². The highest BCUT2D eigenvalue weighted by Gasteiger charge is 2.57. The van der Waals surface area contributed by atoms with Crippen LogP contribution in [0.5, 0.6) is 11.5 Å². The van der Waals surface area contributed by atoms with E-state index in [0.717, 1.165) is 29.9 Å². The number of methoxy groups -OCH3 is 1. The van der Waals surface area contributed by atoms with Crippen LogP contribution in [0.2, 0.25) is 0 Å². The molecule has 0 bridgehead atoms. The summed E-state index contributed by atoms with van der Waals surface area (Å²) in [7, 11) is 1.67. The highest BCUT2D eigenvalue weighted by Crippen LogP contribution is 2.52. The number of nitrogens with zero attached hydrogens (tertiary/aromatic N) is 1. The molecule has 0 aliphatic carbocycles. The number of hydrogen-bond donors (Lipinski definition) is 1. The minimum absolute atomic E-state index is 0.0851. The first-order chi connectivity index (χ1) is 15.8. The molecule has 0 saturated carbocycles. The number of carbonyl (C=O) groups is 1. The van der Waals surface area contributed by atoms with Crippen molar-refractivity contribution < 1.29 is 14.3 Å². The zero-order valence-electron chi connectivity index (χ0n) is 20.5. The van der Waals surface area contributed by atoms with Gasteiger partial charge < -0.3 is 19.7 Å². The van der Waals surface area contributed by atoms with E-state index in [-0.39, 0.29) is 11.3 Å². The Balaban J connectivity index is 1.66. The minimum atomic E-state index is -0.624. The number of nitrogens with one attached hydrogen (secondary N) is 1. The summed E-state index contributed by atoms with van der Waals surface area (Å²) >= 11 is 0. The third-order valence-electron chi connectivity index (χ3n) is 7.10. The predicted molar refractivity (Wildman–Crippen MR) is 134 cm³/mol. The van der Waals surface area contributed by atoms with Gasteiger partial charge in [0.25, 0.3) is 0 Å². The molecule has 5 heteroatoms. The number of rotatable bonds is 8. The fraction of sp³-hybridized carbons (Fsp3) is 0.464. The van der Waals surface area contributed by atoms with E-state index >= 15 is 0 Å². The van der Waals surface area contributed by atoms with Crippen LogP contribution in [0.4, 0.5) is 5.69 Å². The number of fused-ring (bicyclic) bond motifs is 3. The summed E-state index contributed by atoms with van der Waals surface area (Å²) in [6.07, 6.45) is 8.09. The van der Waals surface area contributed by atoms with Gasteiger partial charge in [0, 0.05) is 24.1 Å². The van der Waals surface area contributed by atoms with Crippen LogP contribution >= 0.6 is 0 Å². The molecular formula is C28H36N2O3. The zero-order chi connectivity index (χ0) is 23.6. The largest absolute Gasteiger partial charge is 0.493 e. The number of unbranched alkanes of at least 4 members (excludes halogenated alkanes) is 2. The normalized spacial score (nSPS) is 21.0. The molecule has 2 aliphatic heterocycles. The van der Waals surface area contributed by atoms with E-state index in [2.05, 4.69) is 68.3 Å². The van der Waals surface area contributed by atoms with Crippen LogP contribution in [0.1, 0.15) is 63.1 Å². The van der Waals surface area contributed by atoms with Crippen LogP contribution in [0.3, 0.4) is 0 Å². The Morgan fingerprint density at radius 2 is 1.94 bits per heavy atom. The van der Waals surface area contributed by atoms with Gasteiger partial charge in [-0.2, -0.15) is 0 Å². The van der Waals surface area contributed by atoms with Gasteiger partial charge >= 0.3 is 0 Å². The maximum atomic E-state index is 12.6. The van der Waals surface area contributed by atoms with Gasteiger partial charge in [0.2, 0.25) is 5.91 Å². The third-order valence-corrected chi connectivity index (χ3v) is 7.10. The van der Waals surface area contributed by atoms with Crippen LogP contribution in [-0.4, -0.2) is 31.8 Å². The smallest absolute Gasteiger partial charge is 0.223 e. The highest BCUT2D eigenvalue weighted by atomic mass is 16.5. The molecule has 4 rings (SSSR count). The molecule has 2 aliphatic rings. The van der Waals surface area contributed by atoms with Gasteiger partial charge in [-0.25, -0.2) is 0 Å². The topological polar surface area (TPSA) is 50.8 Å². The van der Waals surface area contributed by atoms with E-state index in [9.17, 15) is 4.79 Å². The summed E-state index contributed by atoms with van der Waals surface area (Å²) in [5.74, 6) is 1.57. The number of ether oxygens (including phenoxy) is 2. The second kappa shape index (κ2) is 9.12. The molecule has 33 heavy (non-hydrogen) atoms. The number of amides is 1. The molecule has 0 radical (unpaired) electrons. The number of carbonyl (C=O) groups excluding carboxylic acids is 1. The maximum Gasteiger partial charge on any atom is 0.223 e. The van der Waals surface area contributed by atoms with Crippen molar-refractivity contribution in [3.63, 3.8) is 0 Å². The number of anilines is 1. The highest BCUT2D eigenvalue weighted by molar-refractivity contribution is 5.84. The molecule has 0 unspecified atom stereocenters. The molecule has 1 amide bonds. The van der Waals surface area contributed by atoms with E-state index in [4.69, 9.17) is 9.47 Å². The van der Waals surface area contributed by atoms with Crippen molar-refractivity contribution in [3.8, 4) is 11.5 Å². The van der Waals surface area contributed by atoms with Gasteiger partial charge in [0.05, 0.1) is 13.7 Å². The number of benzene rings is 2. The summed E-state index contributed by atoms with van der Waals surface area (Å²) in [4.78, 5) is 15.0. The van der Waals surface area contributed by atoms with Crippen molar-refractivity contribution in [2.24, 2.45) is 0 Å². The van der Waals surface area contributed by atoms with Crippen LogP contribution in [0, 0.1) is 6.92 Å². The molecule has 1 N–H and O–H groups in total. The molecule has 176 valence electrons. The van der Waals surface area contributed by atoms with E-state index in [0.29, 0.717) is 19.6 Å². The van der Waals surface area contributed by atoms with Crippen molar-refractivity contribution in [3.05, 3.63) is 59.2 Å². The molecule has 0 aromatic heterocycles. The standard InChI is InChI=1S/C28H36N2O3/c1-6-7-8-17-33-24-12-10-21(19-25(24)32-5)13-15-28-27(3,4)22-18-20(2)9-11-23(22)30(28)16-14-26(31)29-28/h9-13,15,18-19H,6-8,14,16-17H2,1-5H3,(H,29,31)/t28-/m1/s1. The quantitative estimate of drug-likeness (QED) is 0.534. The van der Waals surface area contributed by atoms with Crippen molar-refractivity contribution in [1.29, 1.82) is 0 Å². The summed E-state index contributed by atoms with van der Waals surface area (Å²) < 4.78 is 11.5. The predicted octanol–water partition coefficient (Wildman–Crippen LogP) is 5.60. The Kier molecular flexibility index (Phi) is 6.42. The molecule has 1 fully saturated rings. The summed E-state index contributed by atoms with van der Waals surface area (Å²) in [5.41, 5.74) is 3.77. The molecule has 1 atom stereocenters. The summed E-state index contributed by atoms with van der Waals surface area (Å²) in [6, 6.07) is 12.6. The van der Waals surface area contributed by atoms with Gasteiger partial charge in [-0.15, -0.1) is 0 Å². The maximum absolute atomic E-state index is 12.6. The molecule has 2 aromatic rings. The van der Waals surface area contributed by atoms with E-state index in [1.807, 2.05) is 18.2 Å². The Hall–Kier alpha value is -2.95. The molecule has 2 aromatic carbocycles. The van der Waals surface area contributed by atoms with Gasteiger partial charge in [0.1, 0.15) is 5.66 Å². The SMILES string of the molecule is CCCCCOc1ccc(C=C[C@@]23NC(=O)CCN2c2ccc(C)cc2C3(C)C)cc1OC. The van der Waals surface area contributed by atoms with Crippen molar-refractivity contribution >= 4 is 17.7 Å². The lowest BCUT2D eigenvalue weighted by atomic mass is 9.74. The van der Waals surface area contributed by atoms with Crippen LogP contribution < -0.4 is 19.7 Å². The van der Waals surface area contributed by atoms with E-state index in [1.165, 1.54) is 23.2 Å². The number of aryl methyl sites for hydroxylation is 1.